The summed E-state index contributed by atoms with van der Waals surface area (Å²) >= 11 is 5.92. The molecule has 1 saturated heterocycles. The van der Waals surface area contributed by atoms with Crippen molar-refractivity contribution in [1.29, 1.82) is 0 Å². The van der Waals surface area contributed by atoms with E-state index in [4.69, 9.17) is 21.3 Å². The van der Waals surface area contributed by atoms with Gasteiger partial charge in [0.25, 0.3) is 5.91 Å². The second-order valence-electron chi connectivity index (χ2n) is 6.78. The van der Waals surface area contributed by atoms with Crippen LogP contribution in [0.25, 0.3) is 0 Å². The Morgan fingerprint density at radius 3 is 2.63 bits per heavy atom. The number of anilines is 1. The Kier molecular flexibility index (Phi) is 6.69. The van der Waals surface area contributed by atoms with Gasteiger partial charge in [0.15, 0.2) is 0 Å². The highest BCUT2D eigenvalue weighted by Crippen LogP contribution is 2.22. The molecule has 0 radical (unpaired) electrons. The molecule has 1 amide bonds. The fourth-order valence-electron chi connectivity index (χ4n) is 3.28. The predicted molar refractivity (Wildman–Crippen MR) is 109 cm³/mol. The van der Waals surface area contributed by atoms with Crippen molar-refractivity contribution in [3.8, 4) is 0 Å². The number of rotatable bonds is 6. The van der Waals surface area contributed by atoms with Crippen molar-refractivity contribution in [1.82, 2.24) is 10.3 Å². The number of benzene rings is 1. The summed E-state index contributed by atoms with van der Waals surface area (Å²) < 4.78 is 5.43. The van der Waals surface area contributed by atoms with Gasteiger partial charge in [-0.1, -0.05) is 37.1 Å². The maximum Gasteiger partial charge on any atom is 0.253 e. The molecule has 5 nitrogen and oxygen atoms in total. The van der Waals surface area contributed by atoms with Gasteiger partial charge in [-0.15, -0.1) is 0 Å². The lowest BCUT2D eigenvalue weighted by atomic mass is 10.0. The average Bonchev–Trinajstić information content (AvgIpc) is 2.68. The zero-order chi connectivity index (χ0) is 19.2. The highest BCUT2D eigenvalue weighted by atomic mass is 35.5. The Bertz CT molecular complexity index is 787. The molecule has 1 N–H and O–H groups in total. The molecule has 1 aromatic heterocycles. The number of pyridine rings is 1. The Labute approximate surface area is 165 Å². The van der Waals surface area contributed by atoms with Gasteiger partial charge in [0, 0.05) is 24.7 Å². The number of hydrogen-bond donors (Lipinski definition) is 1. The summed E-state index contributed by atoms with van der Waals surface area (Å²) in [6.45, 7) is 7.66. The quantitative estimate of drug-likeness (QED) is 0.819. The van der Waals surface area contributed by atoms with Gasteiger partial charge in [-0.25, -0.2) is 4.98 Å². The number of carbonyl (C=O) groups excluding carboxylic acids is 1. The number of hydrogen-bond acceptors (Lipinski definition) is 4. The summed E-state index contributed by atoms with van der Waals surface area (Å²) in [6, 6.07) is 9.51. The number of carbonyl (C=O) groups is 1. The van der Waals surface area contributed by atoms with Crippen LogP contribution in [0.5, 0.6) is 0 Å². The predicted octanol–water partition coefficient (Wildman–Crippen LogP) is 3.76. The first-order chi connectivity index (χ1) is 13.1. The zero-order valence-corrected chi connectivity index (χ0v) is 16.7. The van der Waals surface area contributed by atoms with Crippen LogP contribution in [0.15, 0.2) is 30.3 Å². The molecule has 27 heavy (non-hydrogen) atoms. The van der Waals surface area contributed by atoms with Gasteiger partial charge < -0.3 is 15.0 Å². The fraction of sp³-hybridized carbons (Fsp3) is 0.429. The van der Waals surface area contributed by atoms with E-state index in [2.05, 4.69) is 17.1 Å². The third-order valence-corrected chi connectivity index (χ3v) is 4.95. The van der Waals surface area contributed by atoms with Crippen LogP contribution < -0.4 is 10.2 Å². The minimum absolute atomic E-state index is 0.0769. The second-order valence-corrected chi connectivity index (χ2v) is 7.21. The molecule has 1 fully saturated rings. The van der Waals surface area contributed by atoms with E-state index < -0.39 is 0 Å². The lowest BCUT2D eigenvalue weighted by molar-refractivity contribution is 0.0948. The number of amides is 1. The molecule has 144 valence electrons. The molecule has 0 saturated carbocycles. The van der Waals surface area contributed by atoms with Gasteiger partial charge >= 0.3 is 0 Å². The molecule has 0 unspecified atom stereocenters. The Morgan fingerprint density at radius 2 is 1.96 bits per heavy atom. The zero-order valence-electron chi connectivity index (χ0n) is 15.9. The highest BCUT2D eigenvalue weighted by Gasteiger charge is 2.20. The van der Waals surface area contributed by atoms with E-state index in [1.165, 1.54) is 0 Å². The molecule has 3 rings (SSSR count). The van der Waals surface area contributed by atoms with Gasteiger partial charge in [-0.05, 0) is 42.7 Å². The Hall–Kier alpha value is -2.11. The molecule has 2 heterocycles. The van der Waals surface area contributed by atoms with E-state index in [0.29, 0.717) is 30.3 Å². The van der Waals surface area contributed by atoms with Gasteiger partial charge in [0.05, 0.1) is 24.5 Å². The number of aryl methyl sites for hydroxylation is 2. The van der Waals surface area contributed by atoms with Crippen LogP contribution in [0.3, 0.4) is 0 Å². The monoisotopic (exact) mass is 387 g/mol. The standard InChI is InChI=1S/C21H26ClN3O2/c1-3-4-18-20(21(26)23-14-16-5-7-17(22)8-6-16)15(2)13-19(24-18)25-9-11-27-12-10-25/h5-8,13H,3-4,9-12,14H2,1-2H3,(H,23,26). The lowest BCUT2D eigenvalue weighted by Gasteiger charge is -2.29. The SMILES string of the molecule is CCCc1nc(N2CCOCC2)cc(C)c1C(=O)NCc1ccc(Cl)cc1. The number of nitrogens with zero attached hydrogens (tertiary/aromatic N) is 2. The summed E-state index contributed by atoms with van der Waals surface area (Å²) in [5.41, 5.74) is 3.54. The number of morpholine rings is 1. The number of ether oxygens (including phenoxy) is 1. The van der Waals surface area contributed by atoms with Crippen LogP contribution in [0.4, 0.5) is 5.82 Å². The third-order valence-electron chi connectivity index (χ3n) is 4.69. The maximum absolute atomic E-state index is 12.9. The van der Waals surface area contributed by atoms with Gasteiger partial charge in [0.2, 0.25) is 0 Å². The second kappa shape index (κ2) is 9.20. The molecule has 1 aliphatic heterocycles. The van der Waals surface area contributed by atoms with Crippen molar-refractivity contribution in [2.75, 3.05) is 31.2 Å². The normalized spacial score (nSPS) is 14.3. The first-order valence-corrected chi connectivity index (χ1v) is 9.82. The molecular formula is C21H26ClN3O2. The molecule has 2 aromatic rings. The fourth-order valence-corrected chi connectivity index (χ4v) is 3.40. The summed E-state index contributed by atoms with van der Waals surface area (Å²) in [5.74, 6) is 0.862. The minimum Gasteiger partial charge on any atom is -0.378 e. The number of halogens is 1. The van der Waals surface area contributed by atoms with E-state index in [9.17, 15) is 4.79 Å². The molecule has 1 aliphatic rings. The van der Waals surface area contributed by atoms with E-state index in [0.717, 1.165) is 48.6 Å². The Balaban J connectivity index is 1.79. The van der Waals surface area contributed by atoms with Gasteiger partial charge in [0.1, 0.15) is 5.82 Å². The first-order valence-electron chi connectivity index (χ1n) is 9.44. The topological polar surface area (TPSA) is 54.5 Å². The molecular weight excluding hydrogens is 362 g/mol. The van der Waals surface area contributed by atoms with E-state index in [1.807, 2.05) is 37.3 Å². The molecule has 6 heteroatoms. The highest BCUT2D eigenvalue weighted by molar-refractivity contribution is 6.30. The van der Waals surface area contributed by atoms with E-state index >= 15 is 0 Å². The van der Waals surface area contributed by atoms with Crippen LogP contribution in [0.2, 0.25) is 5.02 Å². The van der Waals surface area contributed by atoms with Crippen molar-refractivity contribution in [2.24, 2.45) is 0 Å². The Morgan fingerprint density at radius 1 is 1.26 bits per heavy atom. The summed E-state index contributed by atoms with van der Waals surface area (Å²) in [5, 5.41) is 3.71. The molecule has 0 bridgehead atoms. The van der Waals surface area contributed by atoms with Crippen molar-refractivity contribution >= 4 is 23.3 Å². The van der Waals surface area contributed by atoms with Crippen LogP contribution >= 0.6 is 11.6 Å². The van der Waals surface area contributed by atoms with Crippen LogP contribution in [0, 0.1) is 6.92 Å². The minimum atomic E-state index is -0.0769. The average molecular weight is 388 g/mol. The van der Waals surface area contributed by atoms with E-state index in [-0.39, 0.29) is 5.91 Å². The van der Waals surface area contributed by atoms with Gasteiger partial charge in [-0.2, -0.15) is 0 Å². The van der Waals surface area contributed by atoms with Crippen molar-refractivity contribution in [2.45, 2.75) is 33.2 Å². The van der Waals surface area contributed by atoms with E-state index in [1.54, 1.807) is 0 Å². The first kappa shape index (κ1) is 19.6. The van der Waals surface area contributed by atoms with Crippen LogP contribution in [-0.2, 0) is 17.7 Å². The van der Waals surface area contributed by atoms with Gasteiger partial charge in [-0.3, -0.25) is 4.79 Å². The van der Waals surface area contributed by atoms with Crippen molar-refractivity contribution in [3.05, 3.63) is 57.7 Å². The summed E-state index contributed by atoms with van der Waals surface area (Å²) in [6.07, 6.45) is 1.72. The largest absolute Gasteiger partial charge is 0.378 e. The van der Waals surface area contributed by atoms with Crippen LogP contribution in [-0.4, -0.2) is 37.2 Å². The smallest absolute Gasteiger partial charge is 0.253 e. The number of aromatic nitrogens is 1. The summed E-state index contributed by atoms with van der Waals surface area (Å²) in [4.78, 5) is 19.9. The van der Waals surface area contributed by atoms with Crippen LogP contribution in [0.1, 0.15) is 40.5 Å². The third kappa shape index (κ3) is 4.99. The summed E-state index contributed by atoms with van der Waals surface area (Å²) in [7, 11) is 0. The lowest BCUT2D eigenvalue weighted by Crippen LogP contribution is -2.37. The molecule has 0 aliphatic carbocycles. The van der Waals surface area contributed by atoms with Crippen molar-refractivity contribution < 1.29 is 9.53 Å². The molecule has 1 aromatic carbocycles. The van der Waals surface area contributed by atoms with Crippen molar-refractivity contribution in [3.63, 3.8) is 0 Å². The molecule has 0 spiro atoms. The maximum atomic E-state index is 12.9. The molecule has 0 atom stereocenters. The number of nitrogens with one attached hydrogen (secondary N) is 1.